The number of nitrogens with zero attached hydrogens (tertiary/aromatic N) is 4. The number of hydrogen-bond donors (Lipinski definition) is 1. The number of anilines is 1. The quantitative estimate of drug-likeness (QED) is 0.539. The van der Waals surface area contributed by atoms with Gasteiger partial charge in [-0.05, 0) is 28.1 Å². The van der Waals surface area contributed by atoms with Gasteiger partial charge in [0.15, 0.2) is 17.8 Å². The molecule has 0 aliphatic carbocycles. The normalized spacial score (nSPS) is 10.9. The van der Waals surface area contributed by atoms with E-state index in [4.69, 9.17) is 4.74 Å². The second-order valence-corrected chi connectivity index (χ2v) is 7.11. The van der Waals surface area contributed by atoms with E-state index in [1.165, 1.54) is 29.6 Å². The van der Waals surface area contributed by atoms with Crippen LogP contribution in [0, 0.1) is 0 Å². The Morgan fingerprint density at radius 1 is 1.17 bits per heavy atom. The summed E-state index contributed by atoms with van der Waals surface area (Å²) < 4.78 is 9.42. The molecule has 10 nitrogen and oxygen atoms in total. The van der Waals surface area contributed by atoms with Crippen LogP contribution in [0.4, 0.5) is 5.69 Å². The number of aromatic nitrogens is 4. The summed E-state index contributed by atoms with van der Waals surface area (Å²) in [6, 6.07) is 7.06. The zero-order valence-corrected chi connectivity index (χ0v) is 17.3. The highest BCUT2D eigenvalue weighted by atomic mass is 79.9. The van der Waals surface area contributed by atoms with Gasteiger partial charge < -0.3 is 14.6 Å². The number of para-hydroxylation sites is 1. The number of ether oxygens (including phenoxy) is 1. The number of esters is 1. The first-order valence-corrected chi connectivity index (χ1v) is 9.39. The molecule has 0 aliphatic heterocycles. The van der Waals surface area contributed by atoms with Crippen molar-refractivity contribution in [2.75, 3.05) is 11.9 Å². The van der Waals surface area contributed by atoms with Crippen molar-refractivity contribution >= 4 is 44.7 Å². The van der Waals surface area contributed by atoms with Crippen LogP contribution in [0.5, 0.6) is 0 Å². The minimum atomic E-state index is -0.601. The van der Waals surface area contributed by atoms with Gasteiger partial charge >= 0.3 is 11.7 Å². The lowest BCUT2D eigenvalue weighted by molar-refractivity contribution is -0.147. The van der Waals surface area contributed by atoms with Crippen LogP contribution >= 0.6 is 15.9 Å². The molecule has 3 aromatic rings. The first-order valence-electron chi connectivity index (χ1n) is 8.60. The summed E-state index contributed by atoms with van der Waals surface area (Å²) in [7, 11) is 2.89. The fourth-order valence-corrected chi connectivity index (χ4v) is 3.13. The third-order valence-corrected chi connectivity index (χ3v) is 4.98. The SMILES string of the molecule is Cn1c(=O)c2c(ncn2CCC(=O)OCC(=O)Nc2ccccc2Br)n(C)c1=O. The molecule has 0 saturated carbocycles. The average Bonchev–Trinajstić information content (AvgIpc) is 3.13. The first kappa shape index (κ1) is 20.5. The zero-order chi connectivity index (χ0) is 21.1. The zero-order valence-electron chi connectivity index (χ0n) is 15.7. The van der Waals surface area contributed by atoms with Gasteiger partial charge in [0.2, 0.25) is 0 Å². The van der Waals surface area contributed by atoms with Crippen LogP contribution < -0.4 is 16.6 Å². The Kier molecular flexibility index (Phi) is 5.97. The lowest BCUT2D eigenvalue weighted by Crippen LogP contribution is -2.37. The number of halogens is 1. The number of rotatable bonds is 6. The number of hydrogen-bond acceptors (Lipinski definition) is 6. The van der Waals surface area contributed by atoms with Gasteiger partial charge in [0.25, 0.3) is 11.5 Å². The maximum Gasteiger partial charge on any atom is 0.332 e. The number of imidazole rings is 1. The summed E-state index contributed by atoms with van der Waals surface area (Å²) in [5.74, 6) is -1.07. The van der Waals surface area contributed by atoms with Crippen molar-refractivity contribution in [1.82, 2.24) is 18.7 Å². The molecule has 0 atom stereocenters. The lowest BCUT2D eigenvalue weighted by atomic mass is 10.3. The molecule has 3 rings (SSSR count). The number of aryl methyl sites for hydroxylation is 2. The Labute approximate surface area is 172 Å². The summed E-state index contributed by atoms with van der Waals surface area (Å²) in [4.78, 5) is 52.3. The maximum absolute atomic E-state index is 12.4. The Bertz CT molecular complexity index is 1210. The van der Waals surface area contributed by atoms with E-state index in [1.54, 1.807) is 18.2 Å². The smallest absolute Gasteiger partial charge is 0.332 e. The van der Waals surface area contributed by atoms with E-state index in [0.29, 0.717) is 10.2 Å². The van der Waals surface area contributed by atoms with Gasteiger partial charge in [-0.1, -0.05) is 12.1 Å². The molecule has 0 unspecified atom stereocenters. The van der Waals surface area contributed by atoms with Crippen LogP contribution in [0.2, 0.25) is 0 Å². The number of carbonyl (C=O) groups is 2. The summed E-state index contributed by atoms with van der Waals surface area (Å²) in [6.45, 7) is -0.310. The van der Waals surface area contributed by atoms with Crippen LogP contribution in [-0.2, 0) is 35.0 Å². The van der Waals surface area contributed by atoms with Crippen LogP contribution in [0.15, 0.2) is 44.7 Å². The molecular weight excluding hydrogens is 446 g/mol. The van der Waals surface area contributed by atoms with Gasteiger partial charge in [0.1, 0.15) is 0 Å². The number of amides is 1. The molecule has 0 aliphatic rings. The Morgan fingerprint density at radius 3 is 2.62 bits per heavy atom. The number of nitrogens with one attached hydrogen (secondary N) is 1. The molecule has 1 amide bonds. The molecule has 2 heterocycles. The van der Waals surface area contributed by atoms with Gasteiger partial charge in [0.05, 0.1) is 18.4 Å². The fourth-order valence-electron chi connectivity index (χ4n) is 2.75. The van der Waals surface area contributed by atoms with Crippen molar-refractivity contribution in [2.45, 2.75) is 13.0 Å². The topological polar surface area (TPSA) is 117 Å². The highest BCUT2D eigenvalue weighted by Gasteiger charge is 2.15. The van der Waals surface area contributed by atoms with Gasteiger partial charge in [-0.2, -0.15) is 0 Å². The fraction of sp³-hybridized carbons (Fsp3) is 0.278. The van der Waals surface area contributed by atoms with E-state index < -0.39 is 29.7 Å². The molecule has 1 aromatic carbocycles. The number of fused-ring (bicyclic) bond motifs is 1. The molecule has 0 spiro atoms. The van der Waals surface area contributed by atoms with E-state index >= 15 is 0 Å². The number of benzene rings is 1. The van der Waals surface area contributed by atoms with Gasteiger partial charge in [-0.15, -0.1) is 0 Å². The minimum absolute atomic E-state index is 0.0697. The van der Waals surface area contributed by atoms with Crippen LogP contribution in [0.3, 0.4) is 0 Å². The molecule has 0 fully saturated rings. The van der Waals surface area contributed by atoms with Crippen molar-refractivity contribution in [3.05, 3.63) is 55.9 Å². The lowest BCUT2D eigenvalue weighted by Gasteiger charge is -2.09. The van der Waals surface area contributed by atoms with E-state index in [9.17, 15) is 19.2 Å². The van der Waals surface area contributed by atoms with Crippen molar-refractivity contribution in [3.63, 3.8) is 0 Å². The number of carbonyl (C=O) groups excluding carboxylic acids is 2. The monoisotopic (exact) mass is 463 g/mol. The van der Waals surface area contributed by atoms with E-state index in [1.807, 2.05) is 6.07 Å². The molecule has 0 bridgehead atoms. The highest BCUT2D eigenvalue weighted by Crippen LogP contribution is 2.20. The summed E-state index contributed by atoms with van der Waals surface area (Å²) in [6.07, 6.45) is 1.32. The van der Waals surface area contributed by atoms with Crippen molar-refractivity contribution < 1.29 is 14.3 Å². The Morgan fingerprint density at radius 2 is 1.90 bits per heavy atom. The van der Waals surface area contributed by atoms with Gasteiger partial charge in [-0.25, -0.2) is 9.78 Å². The summed E-state index contributed by atoms with van der Waals surface area (Å²) in [5.41, 5.74) is 0.0400. The predicted molar refractivity (Wildman–Crippen MR) is 109 cm³/mol. The molecule has 2 aromatic heterocycles. The molecule has 11 heteroatoms. The van der Waals surface area contributed by atoms with E-state index in [-0.39, 0.29) is 24.1 Å². The second-order valence-electron chi connectivity index (χ2n) is 6.25. The maximum atomic E-state index is 12.4. The van der Waals surface area contributed by atoms with Crippen molar-refractivity contribution in [1.29, 1.82) is 0 Å². The van der Waals surface area contributed by atoms with Gasteiger partial charge in [-0.3, -0.25) is 23.5 Å². The Balaban J connectivity index is 1.60. The van der Waals surface area contributed by atoms with Crippen LogP contribution in [0.1, 0.15) is 6.42 Å². The molecule has 1 N–H and O–H groups in total. The van der Waals surface area contributed by atoms with E-state index in [2.05, 4.69) is 26.2 Å². The largest absolute Gasteiger partial charge is 0.456 e. The summed E-state index contributed by atoms with van der Waals surface area (Å²) in [5, 5.41) is 2.63. The molecule has 152 valence electrons. The summed E-state index contributed by atoms with van der Waals surface area (Å²) >= 11 is 3.31. The van der Waals surface area contributed by atoms with E-state index in [0.717, 1.165) is 4.57 Å². The van der Waals surface area contributed by atoms with Crippen LogP contribution in [-0.4, -0.2) is 37.2 Å². The first-order chi connectivity index (χ1) is 13.8. The minimum Gasteiger partial charge on any atom is -0.456 e. The standard InChI is InChI=1S/C18H18BrN5O5/c1-22-16-15(17(27)23(2)18(22)28)24(10-20-16)8-7-14(26)29-9-13(25)21-12-6-4-3-5-11(12)19/h3-6,10H,7-9H2,1-2H3,(H,21,25). The molecule has 0 radical (unpaired) electrons. The van der Waals surface area contributed by atoms with Crippen molar-refractivity contribution in [3.8, 4) is 0 Å². The molecular formula is C18H18BrN5O5. The predicted octanol–water partition coefficient (Wildman–Crippen LogP) is 0.768. The van der Waals surface area contributed by atoms with Crippen molar-refractivity contribution in [2.24, 2.45) is 14.1 Å². The average molecular weight is 464 g/mol. The third kappa shape index (κ3) is 4.29. The van der Waals surface area contributed by atoms with Crippen LogP contribution in [0.25, 0.3) is 11.2 Å². The molecule has 0 saturated heterocycles. The van der Waals surface area contributed by atoms with Gasteiger partial charge in [0, 0.05) is 25.1 Å². The Hall–Kier alpha value is -3.21. The third-order valence-electron chi connectivity index (χ3n) is 4.29. The highest BCUT2D eigenvalue weighted by molar-refractivity contribution is 9.10. The molecule has 29 heavy (non-hydrogen) atoms. The second kappa shape index (κ2) is 8.43.